The number of aromatic hydroxyl groups is 1. The van der Waals surface area contributed by atoms with Crippen molar-refractivity contribution in [3.05, 3.63) is 57.0 Å². The smallest absolute Gasteiger partial charge is 0.257 e. The van der Waals surface area contributed by atoms with E-state index in [4.69, 9.17) is 29.6 Å². The Bertz CT molecular complexity index is 737. The van der Waals surface area contributed by atoms with E-state index >= 15 is 0 Å². The number of amides is 1. The van der Waals surface area contributed by atoms with Crippen molar-refractivity contribution in [2.45, 2.75) is 0 Å². The summed E-state index contributed by atoms with van der Waals surface area (Å²) in [6.07, 6.45) is 0. The Balaban J connectivity index is 2.36. The number of rotatable bonds is 3. The van der Waals surface area contributed by atoms with E-state index < -0.39 is 5.91 Å². The summed E-state index contributed by atoms with van der Waals surface area (Å²) in [6, 6.07) is 9.27. The molecular formula is C14H10BrClN2O2S. The zero-order valence-electron chi connectivity index (χ0n) is 10.6. The first-order chi connectivity index (χ1) is 9.88. The summed E-state index contributed by atoms with van der Waals surface area (Å²) < 4.78 is 0.790. The summed E-state index contributed by atoms with van der Waals surface area (Å²) in [4.78, 5) is 12.4. The van der Waals surface area contributed by atoms with E-state index in [9.17, 15) is 9.90 Å². The molecule has 2 rings (SSSR count). The van der Waals surface area contributed by atoms with E-state index in [1.54, 1.807) is 18.2 Å². The molecule has 108 valence electrons. The van der Waals surface area contributed by atoms with Crippen molar-refractivity contribution in [1.82, 2.24) is 0 Å². The van der Waals surface area contributed by atoms with Crippen LogP contribution in [0, 0.1) is 0 Å². The van der Waals surface area contributed by atoms with Crippen LogP contribution in [0.3, 0.4) is 0 Å². The lowest BCUT2D eigenvalue weighted by molar-refractivity contribution is 0.102. The van der Waals surface area contributed by atoms with Gasteiger partial charge in [0.25, 0.3) is 5.91 Å². The van der Waals surface area contributed by atoms with Gasteiger partial charge in [-0.25, -0.2) is 0 Å². The van der Waals surface area contributed by atoms with Crippen LogP contribution in [0.5, 0.6) is 5.75 Å². The van der Waals surface area contributed by atoms with Gasteiger partial charge in [-0.2, -0.15) is 0 Å². The first kappa shape index (κ1) is 15.8. The Hall–Kier alpha value is -1.63. The van der Waals surface area contributed by atoms with Crippen molar-refractivity contribution in [2.24, 2.45) is 5.73 Å². The second kappa shape index (κ2) is 6.43. The molecule has 0 unspecified atom stereocenters. The van der Waals surface area contributed by atoms with E-state index in [0.29, 0.717) is 11.3 Å². The van der Waals surface area contributed by atoms with E-state index in [0.717, 1.165) is 4.47 Å². The van der Waals surface area contributed by atoms with E-state index in [2.05, 4.69) is 21.2 Å². The highest BCUT2D eigenvalue weighted by molar-refractivity contribution is 9.10. The summed E-state index contributed by atoms with van der Waals surface area (Å²) in [6.45, 7) is 0. The summed E-state index contributed by atoms with van der Waals surface area (Å²) >= 11 is 14.2. The highest BCUT2D eigenvalue weighted by Crippen LogP contribution is 2.25. The maximum atomic E-state index is 12.2. The Morgan fingerprint density at radius 3 is 2.62 bits per heavy atom. The first-order valence-electron chi connectivity index (χ1n) is 5.77. The van der Waals surface area contributed by atoms with Crippen molar-refractivity contribution in [3.63, 3.8) is 0 Å². The van der Waals surface area contributed by atoms with E-state index in [1.807, 2.05) is 0 Å². The molecule has 0 aliphatic rings. The Kier molecular flexibility index (Phi) is 4.82. The van der Waals surface area contributed by atoms with Gasteiger partial charge in [-0.05, 0) is 36.4 Å². The highest BCUT2D eigenvalue weighted by Gasteiger charge is 2.14. The molecule has 0 aromatic heterocycles. The van der Waals surface area contributed by atoms with E-state index in [-0.39, 0.29) is 21.3 Å². The second-order valence-electron chi connectivity index (χ2n) is 4.17. The molecule has 2 aromatic rings. The molecule has 0 aliphatic carbocycles. The molecule has 4 N–H and O–H groups in total. The third-order valence-electron chi connectivity index (χ3n) is 2.69. The number of nitrogens with two attached hydrogens (primary N) is 1. The lowest BCUT2D eigenvalue weighted by atomic mass is 10.1. The van der Waals surface area contributed by atoms with Gasteiger partial charge in [-0.15, -0.1) is 0 Å². The molecule has 0 bridgehead atoms. The van der Waals surface area contributed by atoms with Gasteiger partial charge in [0.05, 0.1) is 16.3 Å². The second-order valence-corrected chi connectivity index (χ2v) is 5.94. The molecular weight excluding hydrogens is 376 g/mol. The zero-order chi connectivity index (χ0) is 15.6. The molecule has 2 aromatic carbocycles. The number of thiocarbonyl (C=S) groups is 1. The Labute approximate surface area is 140 Å². The quantitative estimate of drug-likeness (QED) is 0.704. The van der Waals surface area contributed by atoms with Crippen molar-refractivity contribution < 1.29 is 9.90 Å². The van der Waals surface area contributed by atoms with Crippen LogP contribution in [-0.2, 0) is 0 Å². The number of phenolic OH excluding ortho intramolecular Hbond substituents is 1. The van der Waals surface area contributed by atoms with Crippen LogP contribution in [0.2, 0.25) is 5.02 Å². The molecule has 0 atom stereocenters. The lowest BCUT2D eigenvalue weighted by Gasteiger charge is -2.11. The monoisotopic (exact) mass is 384 g/mol. The van der Waals surface area contributed by atoms with Gasteiger partial charge >= 0.3 is 0 Å². The van der Waals surface area contributed by atoms with Gasteiger partial charge in [-0.3, -0.25) is 4.79 Å². The van der Waals surface area contributed by atoms with Gasteiger partial charge in [-0.1, -0.05) is 39.7 Å². The third kappa shape index (κ3) is 3.72. The summed E-state index contributed by atoms with van der Waals surface area (Å²) in [5, 5.41) is 12.4. The van der Waals surface area contributed by atoms with Gasteiger partial charge in [0.1, 0.15) is 10.7 Å². The minimum absolute atomic E-state index is 0.0464. The van der Waals surface area contributed by atoms with E-state index in [1.165, 1.54) is 18.2 Å². The largest absolute Gasteiger partial charge is 0.508 e. The number of halogens is 2. The molecule has 7 heteroatoms. The molecule has 0 saturated carbocycles. The van der Waals surface area contributed by atoms with Crippen molar-refractivity contribution in [1.29, 1.82) is 0 Å². The minimum atomic E-state index is -0.462. The maximum Gasteiger partial charge on any atom is 0.257 e. The minimum Gasteiger partial charge on any atom is -0.508 e. The standard InChI is InChI=1S/C14H10BrClN2O2S/c15-7-1-4-12(10(5-7)13(17)21)18-14(20)9-6-8(19)2-3-11(9)16/h1-6,19H,(H2,17,21)(H,18,20). The van der Waals surface area contributed by atoms with Crippen LogP contribution in [0.4, 0.5) is 5.69 Å². The maximum absolute atomic E-state index is 12.2. The van der Waals surface area contributed by atoms with Crippen LogP contribution in [0.15, 0.2) is 40.9 Å². The predicted molar refractivity (Wildman–Crippen MR) is 91.1 cm³/mol. The van der Waals surface area contributed by atoms with Crippen molar-refractivity contribution >= 4 is 56.3 Å². The normalized spacial score (nSPS) is 10.2. The summed E-state index contributed by atoms with van der Waals surface area (Å²) in [5.41, 5.74) is 6.80. The molecule has 0 heterocycles. The fraction of sp³-hybridized carbons (Fsp3) is 0. The SMILES string of the molecule is NC(=S)c1cc(Br)ccc1NC(=O)c1cc(O)ccc1Cl. The molecule has 0 saturated heterocycles. The molecule has 0 radical (unpaired) electrons. The van der Waals surface area contributed by atoms with Crippen LogP contribution in [-0.4, -0.2) is 16.0 Å². The first-order valence-corrected chi connectivity index (χ1v) is 7.35. The lowest BCUT2D eigenvalue weighted by Crippen LogP contribution is -2.18. The predicted octanol–water partition coefficient (Wildman–Crippen LogP) is 3.69. The Morgan fingerprint density at radius 1 is 1.24 bits per heavy atom. The summed E-state index contributed by atoms with van der Waals surface area (Å²) in [5.74, 6) is -0.509. The van der Waals surface area contributed by atoms with Crippen LogP contribution in [0.25, 0.3) is 0 Å². The van der Waals surface area contributed by atoms with Gasteiger partial charge in [0.15, 0.2) is 0 Å². The van der Waals surface area contributed by atoms with Crippen molar-refractivity contribution in [2.75, 3.05) is 5.32 Å². The molecule has 4 nitrogen and oxygen atoms in total. The number of carbonyl (C=O) groups excluding carboxylic acids is 1. The molecule has 21 heavy (non-hydrogen) atoms. The topological polar surface area (TPSA) is 75.3 Å². The fourth-order valence-electron chi connectivity index (χ4n) is 1.71. The Morgan fingerprint density at radius 2 is 1.95 bits per heavy atom. The average Bonchev–Trinajstić information content (AvgIpc) is 2.43. The average molecular weight is 386 g/mol. The van der Waals surface area contributed by atoms with Gasteiger partial charge in [0, 0.05) is 10.0 Å². The van der Waals surface area contributed by atoms with Crippen LogP contribution < -0.4 is 11.1 Å². The highest BCUT2D eigenvalue weighted by atomic mass is 79.9. The molecule has 1 amide bonds. The molecule has 0 spiro atoms. The van der Waals surface area contributed by atoms with Crippen LogP contribution >= 0.6 is 39.7 Å². The fourth-order valence-corrected chi connectivity index (χ4v) is 2.44. The summed E-state index contributed by atoms with van der Waals surface area (Å²) in [7, 11) is 0. The zero-order valence-corrected chi connectivity index (χ0v) is 13.7. The number of anilines is 1. The van der Waals surface area contributed by atoms with Crippen LogP contribution in [0.1, 0.15) is 15.9 Å². The van der Waals surface area contributed by atoms with Gasteiger partial charge < -0.3 is 16.2 Å². The van der Waals surface area contributed by atoms with Gasteiger partial charge in [0.2, 0.25) is 0 Å². The van der Waals surface area contributed by atoms with Crippen molar-refractivity contribution in [3.8, 4) is 5.75 Å². The number of phenols is 1. The number of hydrogen-bond donors (Lipinski definition) is 3. The molecule has 0 aliphatic heterocycles. The number of benzene rings is 2. The number of nitrogens with one attached hydrogen (secondary N) is 1. The third-order valence-corrected chi connectivity index (χ3v) is 3.73. The molecule has 0 fully saturated rings. The number of carbonyl (C=O) groups is 1. The number of hydrogen-bond acceptors (Lipinski definition) is 3.